The summed E-state index contributed by atoms with van der Waals surface area (Å²) in [5, 5.41) is 3.22. The van der Waals surface area contributed by atoms with Gasteiger partial charge in [0.05, 0.1) is 37.4 Å². The molecule has 0 spiro atoms. The number of hydrogen-bond donors (Lipinski definition) is 1. The number of ether oxygens (including phenoxy) is 1. The highest BCUT2D eigenvalue weighted by Gasteiger charge is 2.36. The summed E-state index contributed by atoms with van der Waals surface area (Å²) in [6.07, 6.45) is 5.43. The van der Waals surface area contributed by atoms with Gasteiger partial charge in [-0.1, -0.05) is 48.5 Å². The quantitative estimate of drug-likeness (QED) is 0.338. The van der Waals surface area contributed by atoms with E-state index >= 15 is 0 Å². The monoisotopic (exact) mass is 509 g/mol. The predicted molar refractivity (Wildman–Crippen MR) is 145 cm³/mol. The zero-order chi connectivity index (χ0) is 26.6. The van der Waals surface area contributed by atoms with Crippen LogP contribution in [0.15, 0.2) is 96.0 Å². The number of nitrogens with one attached hydrogen (secondary N) is 1. The number of rotatable bonds is 7. The van der Waals surface area contributed by atoms with E-state index in [1.54, 1.807) is 36.5 Å². The van der Waals surface area contributed by atoms with Crippen LogP contribution in [0.25, 0.3) is 11.8 Å². The lowest BCUT2D eigenvalue weighted by molar-refractivity contribution is -0.123. The van der Waals surface area contributed by atoms with Gasteiger partial charge >= 0.3 is 0 Å². The fourth-order valence-electron chi connectivity index (χ4n) is 4.39. The first-order valence-corrected chi connectivity index (χ1v) is 12.3. The summed E-state index contributed by atoms with van der Waals surface area (Å²) < 4.78 is 21.1. The largest absolute Gasteiger partial charge is 0.495 e. The first-order valence-electron chi connectivity index (χ1n) is 12.3. The van der Waals surface area contributed by atoms with Gasteiger partial charge in [-0.05, 0) is 60.9 Å². The Labute approximate surface area is 220 Å². The Morgan fingerprint density at radius 2 is 1.87 bits per heavy atom. The molecule has 1 atom stereocenters. The SMILES string of the molecule is COc1cc(C=C2NC(=NCc3ccccc3)N([C@H](C)c3ccc(F)cc3)C2=O)ccc1-n1cnc(C)c1. The van der Waals surface area contributed by atoms with E-state index in [4.69, 9.17) is 9.73 Å². The van der Waals surface area contributed by atoms with Gasteiger partial charge in [0, 0.05) is 6.20 Å². The molecule has 0 radical (unpaired) electrons. The Morgan fingerprint density at radius 3 is 2.55 bits per heavy atom. The molecule has 0 bridgehead atoms. The van der Waals surface area contributed by atoms with Gasteiger partial charge in [0.1, 0.15) is 17.3 Å². The van der Waals surface area contributed by atoms with E-state index in [1.165, 1.54) is 12.1 Å². The normalized spacial score (nSPS) is 16.2. The molecule has 7 nitrogen and oxygen atoms in total. The molecule has 38 heavy (non-hydrogen) atoms. The molecule has 1 fully saturated rings. The number of aliphatic imine (C=N–C) groups is 1. The second kappa shape index (κ2) is 10.7. The van der Waals surface area contributed by atoms with Crippen LogP contribution in [0.2, 0.25) is 0 Å². The Kier molecular flexibility index (Phi) is 7.04. The maximum atomic E-state index is 13.7. The van der Waals surface area contributed by atoms with Crippen LogP contribution >= 0.6 is 0 Å². The van der Waals surface area contributed by atoms with Gasteiger partial charge in [-0.3, -0.25) is 9.69 Å². The minimum atomic E-state index is -0.364. The molecular weight excluding hydrogens is 481 g/mol. The summed E-state index contributed by atoms with van der Waals surface area (Å²) in [6.45, 7) is 4.23. The lowest BCUT2D eigenvalue weighted by Crippen LogP contribution is -2.35. The Balaban J connectivity index is 1.48. The van der Waals surface area contributed by atoms with Gasteiger partial charge in [-0.15, -0.1) is 0 Å². The number of aromatic nitrogens is 2. The van der Waals surface area contributed by atoms with Crippen molar-refractivity contribution in [2.24, 2.45) is 4.99 Å². The summed E-state index contributed by atoms with van der Waals surface area (Å²) in [7, 11) is 1.61. The van der Waals surface area contributed by atoms with Crippen molar-refractivity contribution in [3.63, 3.8) is 0 Å². The van der Waals surface area contributed by atoms with Crippen LogP contribution in [0, 0.1) is 12.7 Å². The van der Waals surface area contributed by atoms with Gasteiger partial charge in [-0.25, -0.2) is 14.4 Å². The van der Waals surface area contributed by atoms with Crippen LogP contribution in [0.3, 0.4) is 0 Å². The summed E-state index contributed by atoms with van der Waals surface area (Å²) in [5.41, 5.74) is 4.75. The number of carbonyl (C=O) groups excluding carboxylic acids is 1. The van der Waals surface area contributed by atoms with Crippen molar-refractivity contribution >= 4 is 17.9 Å². The molecule has 3 aromatic carbocycles. The van der Waals surface area contributed by atoms with E-state index in [-0.39, 0.29) is 17.8 Å². The summed E-state index contributed by atoms with van der Waals surface area (Å²) in [4.78, 5) is 24.3. The zero-order valence-electron chi connectivity index (χ0n) is 21.4. The number of amides is 1. The smallest absolute Gasteiger partial charge is 0.277 e. The van der Waals surface area contributed by atoms with Crippen molar-refractivity contribution < 1.29 is 13.9 Å². The standard InChI is InChI=1S/C30H28FN5O2/c1-20-18-35(19-33-20)27-14-9-23(16-28(27)38-3)15-26-29(37)36(21(2)24-10-12-25(31)13-11-24)30(34-26)32-17-22-7-5-4-6-8-22/h4-16,18-19,21H,17H2,1-3H3,(H,32,34)/t21-/m1/s1. The summed E-state index contributed by atoms with van der Waals surface area (Å²) >= 11 is 0. The molecule has 0 aliphatic carbocycles. The Hall–Kier alpha value is -4.72. The lowest BCUT2D eigenvalue weighted by Gasteiger charge is -2.24. The third-order valence-electron chi connectivity index (χ3n) is 6.42. The fourth-order valence-corrected chi connectivity index (χ4v) is 4.39. The Morgan fingerprint density at radius 1 is 1.11 bits per heavy atom. The van der Waals surface area contributed by atoms with Crippen LogP contribution in [0.1, 0.15) is 35.3 Å². The molecular formula is C30H28FN5O2. The van der Waals surface area contributed by atoms with Crippen molar-refractivity contribution in [2.75, 3.05) is 7.11 Å². The molecule has 192 valence electrons. The molecule has 2 heterocycles. The molecule has 1 amide bonds. The predicted octanol–water partition coefficient (Wildman–Crippen LogP) is 5.42. The molecule has 1 N–H and O–H groups in total. The second-order valence-corrected chi connectivity index (χ2v) is 9.06. The third kappa shape index (κ3) is 5.20. The fraction of sp³-hybridized carbons (Fsp3) is 0.167. The number of methoxy groups -OCH3 is 1. The first kappa shape index (κ1) is 25.0. The molecule has 5 rings (SSSR count). The highest BCUT2D eigenvalue weighted by atomic mass is 19.1. The molecule has 0 unspecified atom stereocenters. The van der Waals surface area contributed by atoms with Gasteiger partial charge in [0.15, 0.2) is 0 Å². The van der Waals surface area contributed by atoms with E-state index in [1.807, 2.05) is 73.1 Å². The van der Waals surface area contributed by atoms with Gasteiger partial charge in [0.2, 0.25) is 5.96 Å². The van der Waals surface area contributed by atoms with E-state index < -0.39 is 0 Å². The van der Waals surface area contributed by atoms with Crippen LogP contribution in [0.5, 0.6) is 5.75 Å². The number of halogens is 1. The zero-order valence-corrected chi connectivity index (χ0v) is 21.4. The number of nitrogens with zero attached hydrogens (tertiary/aromatic N) is 4. The summed E-state index contributed by atoms with van der Waals surface area (Å²) in [5.74, 6) is 0.548. The topological polar surface area (TPSA) is 71.8 Å². The van der Waals surface area contributed by atoms with E-state index in [9.17, 15) is 9.18 Å². The highest BCUT2D eigenvalue weighted by Crippen LogP contribution is 2.29. The van der Waals surface area contributed by atoms with Crippen molar-refractivity contribution in [2.45, 2.75) is 26.4 Å². The van der Waals surface area contributed by atoms with Crippen LogP contribution < -0.4 is 10.1 Å². The molecule has 1 aliphatic heterocycles. The molecule has 0 saturated carbocycles. The number of carbonyl (C=O) groups is 1. The average Bonchev–Trinajstić information content (AvgIpc) is 3.50. The van der Waals surface area contributed by atoms with Crippen LogP contribution in [-0.2, 0) is 11.3 Å². The third-order valence-corrected chi connectivity index (χ3v) is 6.42. The van der Waals surface area contributed by atoms with Crippen LogP contribution in [-0.4, -0.2) is 33.4 Å². The van der Waals surface area contributed by atoms with Crippen molar-refractivity contribution in [3.8, 4) is 11.4 Å². The number of guanidine groups is 1. The molecule has 1 saturated heterocycles. The average molecular weight is 510 g/mol. The lowest BCUT2D eigenvalue weighted by atomic mass is 10.1. The van der Waals surface area contributed by atoms with Crippen molar-refractivity contribution in [1.82, 2.24) is 19.8 Å². The number of hydrogen-bond acceptors (Lipinski definition) is 4. The number of benzene rings is 3. The van der Waals surface area contributed by atoms with E-state index in [0.29, 0.717) is 24.0 Å². The van der Waals surface area contributed by atoms with Gasteiger partial charge in [0.25, 0.3) is 5.91 Å². The first-order chi connectivity index (χ1) is 18.4. The maximum Gasteiger partial charge on any atom is 0.277 e. The number of aryl methyl sites for hydroxylation is 1. The van der Waals surface area contributed by atoms with Gasteiger partial charge < -0.3 is 14.6 Å². The van der Waals surface area contributed by atoms with Crippen molar-refractivity contribution in [3.05, 3.63) is 119 Å². The van der Waals surface area contributed by atoms with Crippen LogP contribution in [0.4, 0.5) is 4.39 Å². The number of imidazole rings is 1. The van der Waals surface area contributed by atoms with Crippen molar-refractivity contribution in [1.29, 1.82) is 0 Å². The van der Waals surface area contributed by atoms with E-state index in [0.717, 1.165) is 28.1 Å². The molecule has 1 aliphatic rings. The maximum absolute atomic E-state index is 13.7. The van der Waals surface area contributed by atoms with E-state index in [2.05, 4.69) is 10.3 Å². The molecule has 1 aromatic heterocycles. The minimum Gasteiger partial charge on any atom is -0.495 e. The minimum absolute atomic E-state index is 0.220. The summed E-state index contributed by atoms with van der Waals surface area (Å²) in [6, 6.07) is 21.3. The second-order valence-electron chi connectivity index (χ2n) is 9.06. The van der Waals surface area contributed by atoms with Gasteiger partial charge in [-0.2, -0.15) is 0 Å². The highest BCUT2D eigenvalue weighted by molar-refractivity contribution is 6.15. The molecule has 4 aromatic rings. The molecule has 8 heteroatoms. The Bertz CT molecular complexity index is 1510.